The van der Waals surface area contributed by atoms with Crippen molar-refractivity contribution in [2.24, 2.45) is 0 Å². The predicted octanol–water partition coefficient (Wildman–Crippen LogP) is 2.17. The molecule has 1 saturated heterocycles. The molecule has 0 atom stereocenters. The average molecular weight is 297 g/mol. The first-order valence-corrected chi connectivity index (χ1v) is 7.44. The van der Waals surface area contributed by atoms with Gasteiger partial charge in [-0.05, 0) is 17.7 Å². The van der Waals surface area contributed by atoms with E-state index >= 15 is 0 Å². The molecule has 1 aromatic carbocycles. The molecule has 114 valence electrons. The lowest BCUT2D eigenvalue weighted by Gasteiger charge is -2.26. The molecule has 2 aromatic rings. The Morgan fingerprint density at radius 1 is 1.14 bits per heavy atom. The van der Waals surface area contributed by atoms with Gasteiger partial charge in [0.2, 0.25) is 0 Å². The minimum atomic E-state index is 0.0189. The summed E-state index contributed by atoms with van der Waals surface area (Å²) in [4.78, 5) is 18.4. The van der Waals surface area contributed by atoms with Crippen molar-refractivity contribution in [2.75, 3.05) is 31.6 Å². The maximum Gasteiger partial charge on any atom is 0.255 e. The Kier molecular flexibility index (Phi) is 4.65. The molecular weight excluding hydrogens is 278 g/mol. The normalized spacial score (nSPS) is 14.6. The molecule has 1 aliphatic rings. The largest absolute Gasteiger partial charge is 0.378 e. The minimum Gasteiger partial charge on any atom is -0.378 e. The van der Waals surface area contributed by atoms with E-state index in [0.717, 1.165) is 5.82 Å². The first kappa shape index (κ1) is 14.5. The molecule has 0 radical (unpaired) electrons. The van der Waals surface area contributed by atoms with Gasteiger partial charge in [0.15, 0.2) is 0 Å². The van der Waals surface area contributed by atoms with Crippen LogP contribution in [-0.4, -0.2) is 42.1 Å². The summed E-state index contributed by atoms with van der Waals surface area (Å²) in [7, 11) is 0. The van der Waals surface area contributed by atoms with E-state index in [9.17, 15) is 4.79 Å². The van der Waals surface area contributed by atoms with Gasteiger partial charge in [0, 0.05) is 25.8 Å². The molecule has 0 saturated carbocycles. The van der Waals surface area contributed by atoms with E-state index in [-0.39, 0.29) is 5.91 Å². The lowest BCUT2D eigenvalue weighted by Crippen LogP contribution is -2.40. The molecule has 0 bridgehead atoms. The number of anilines is 1. The van der Waals surface area contributed by atoms with Crippen molar-refractivity contribution < 1.29 is 9.53 Å². The van der Waals surface area contributed by atoms with Gasteiger partial charge in [0.1, 0.15) is 5.82 Å². The minimum absolute atomic E-state index is 0.0189. The van der Waals surface area contributed by atoms with Crippen LogP contribution in [-0.2, 0) is 11.3 Å². The van der Waals surface area contributed by atoms with Crippen LogP contribution >= 0.6 is 0 Å². The number of aromatic nitrogens is 1. The standard InChI is InChI=1S/C17H19N3O2/c21-17(20-8-10-22-11-9-20)15-6-7-16(19-13-15)18-12-14-4-2-1-3-5-14/h1-7,13H,8-12H2,(H,18,19). The number of hydrogen-bond acceptors (Lipinski definition) is 4. The number of rotatable bonds is 4. The van der Waals surface area contributed by atoms with Crippen molar-refractivity contribution in [3.63, 3.8) is 0 Å². The van der Waals surface area contributed by atoms with Crippen LogP contribution in [0.3, 0.4) is 0 Å². The predicted molar refractivity (Wildman–Crippen MR) is 84.7 cm³/mol. The van der Waals surface area contributed by atoms with Crippen molar-refractivity contribution in [3.05, 3.63) is 59.8 Å². The van der Waals surface area contributed by atoms with Crippen LogP contribution in [0.25, 0.3) is 0 Å². The maximum atomic E-state index is 12.3. The van der Waals surface area contributed by atoms with E-state index in [0.29, 0.717) is 38.4 Å². The highest BCUT2D eigenvalue weighted by molar-refractivity contribution is 5.94. The highest BCUT2D eigenvalue weighted by Crippen LogP contribution is 2.11. The Hall–Kier alpha value is -2.40. The van der Waals surface area contributed by atoms with Gasteiger partial charge < -0.3 is 15.0 Å². The monoisotopic (exact) mass is 297 g/mol. The van der Waals surface area contributed by atoms with Gasteiger partial charge in [-0.25, -0.2) is 4.98 Å². The second kappa shape index (κ2) is 7.04. The third kappa shape index (κ3) is 3.62. The van der Waals surface area contributed by atoms with Crippen molar-refractivity contribution in [2.45, 2.75) is 6.54 Å². The van der Waals surface area contributed by atoms with Gasteiger partial charge in [-0.3, -0.25) is 4.79 Å². The highest BCUT2D eigenvalue weighted by Gasteiger charge is 2.18. The summed E-state index contributed by atoms with van der Waals surface area (Å²) in [5, 5.41) is 3.25. The van der Waals surface area contributed by atoms with Gasteiger partial charge in [-0.1, -0.05) is 30.3 Å². The second-order valence-corrected chi connectivity index (χ2v) is 5.18. The molecule has 1 amide bonds. The molecule has 5 nitrogen and oxygen atoms in total. The number of morpholine rings is 1. The number of nitrogens with zero attached hydrogens (tertiary/aromatic N) is 2. The fourth-order valence-corrected chi connectivity index (χ4v) is 2.36. The number of benzene rings is 1. The highest BCUT2D eigenvalue weighted by atomic mass is 16.5. The lowest BCUT2D eigenvalue weighted by atomic mass is 10.2. The number of nitrogens with one attached hydrogen (secondary N) is 1. The molecule has 3 rings (SSSR count). The summed E-state index contributed by atoms with van der Waals surface area (Å²) >= 11 is 0. The lowest BCUT2D eigenvalue weighted by molar-refractivity contribution is 0.0302. The molecule has 22 heavy (non-hydrogen) atoms. The van der Waals surface area contributed by atoms with Crippen LogP contribution in [0.15, 0.2) is 48.7 Å². The van der Waals surface area contributed by atoms with E-state index < -0.39 is 0 Å². The van der Waals surface area contributed by atoms with E-state index in [2.05, 4.69) is 22.4 Å². The fraction of sp³-hybridized carbons (Fsp3) is 0.294. The zero-order valence-corrected chi connectivity index (χ0v) is 12.4. The number of carbonyl (C=O) groups is 1. The van der Waals surface area contributed by atoms with Gasteiger partial charge in [0.05, 0.1) is 18.8 Å². The Balaban J connectivity index is 1.59. The number of hydrogen-bond donors (Lipinski definition) is 1. The fourth-order valence-electron chi connectivity index (χ4n) is 2.36. The molecule has 1 N–H and O–H groups in total. The zero-order chi connectivity index (χ0) is 15.2. The number of pyridine rings is 1. The van der Waals surface area contributed by atoms with Gasteiger partial charge in [-0.2, -0.15) is 0 Å². The smallest absolute Gasteiger partial charge is 0.255 e. The van der Waals surface area contributed by atoms with Crippen molar-refractivity contribution in [3.8, 4) is 0 Å². The summed E-state index contributed by atoms with van der Waals surface area (Å²) in [5.41, 5.74) is 1.81. The van der Waals surface area contributed by atoms with Crippen LogP contribution in [0.4, 0.5) is 5.82 Å². The zero-order valence-electron chi connectivity index (χ0n) is 12.4. The molecule has 0 unspecified atom stereocenters. The Morgan fingerprint density at radius 2 is 1.91 bits per heavy atom. The molecule has 1 aliphatic heterocycles. The van der Waals surface area contributed by atoms with E-state index in [1.807, 2.05) is 30.3 Å². The van der Waals surface area contributed by atoms with Gasteiger partial charge >= 0.3 is 0 Å². The molecule has 1 aromatic heterocycles. The summed E-state index contributed by atoms with van der Waals surface area (Å²) < 4.78 is 5.26. The first-order chi connectivity index (χ1) is 10.8. The molecule has 0 aliphatic carbocycles. The summed E-state index contributed by atoms with van der Waals surface area (Å²) in [6, 6.07) is 13.8. The van der Waals surface area contributed by atoms with E-state index in [1.165, 1.54) is 5.56 Å². The average Bonchev–Trinajstić information content (AvgIpc) is 2.61. The number of carbonyl (C=O) groups excluding carboxylic acids is 1. The van der Waals surface area contributed by atoms with Crippen molar-refractivity contribution >= 4 is 11.7 Å². The first-order valence-electron chi connectivity index (χ1n) is 7.44. The van der Waals surface area contributed by atoms with Gasteiger partial charge in [0.25, 0.3) is 5.91 Å². The molecule has 1 fully saturated rings. The summed E-state index contributed by atoms with van der Waals surface area (Å²) in [6.45, 7) is 3.22. The third-order valence-electron chi connectivity index (χ3n) is 3.63. The molecule has 2 heterocycles. The SMILES string of the molecule is O=C(c1ccc(NCc2ccccc2)nc1)N1CCOCC1. The Morgan fingerprint density at radius 3 is 2.59 bits per heavy atom. The molecule has 0 spiro atoms. The van der Waals surface area contributed by atoms with Crippen LogP contribution in [0.2, 0.25) is 0 Å². The topological polar surface area (TPSA) is 54.5 Å². The molecular formula is C17H19N3O2. The van der Waals surface area contributed by atoms with Crippen molar-refractivity contribution in [1.82, 2.24) is 9.88 Å². The second-order valence-electron chi connectivity index (χ2n) is 5.18. The van der Waals surface area contributed by atoms with E-state index in [4.69, 9.17) is 4.74 Å². The van der Waals surface area contributed by atoms with E-state index in [1.54, 1.807) is 11.1 Å². The van der Waals surface area contributed by atoms with Crippen LogP contribution < -0.4 is 5.32 Å². The maximum absolute atomic E-state index is 12.3. The summed E-state index contributed by atoms with van der Waals surface area (Å²) in [6.07, 6.45) is 1.63. The van der Waals surface area contributed by atoms with Crippen LogP contribution in [0.5, 0.6) is 0 Å². The quantitative estimate of drug-likeness (QED) is 0.939. The summed E-state index contributed by atoms with van der Waals surface area (Å²) in [5.74, 6) is 0.785. The Bertz CT molecular complexity index is 608. The molecule has 5 heteroatoms. The van der Waals surface area contributed by atoms with Crippen LogP contribution in [0.1, 0.15) is 15.9 Å². The van der Waals surface area contributed by atoms with Crippen molar-refractivity contribution in [1.29, 1.82) is 0 Å². The number of ether oxygens (including phenoxy) is 1. The van der Waals surface area contributed by atoms with Crippen LogP contribution in [0, 0.1) is 0 Å². The van der Waals surface area contributed by atoms with Gasteiger partial charge in [-0.15, -0.1) is 0 Å². The number of amides is 1. The Labute approximate surface area is 129 Å². The third-order valence-corrected chi connectivity index (χ3v) is 3.63.